The first-order chi connectivity index (χ1) is 13.7. The first-order valence-electron chi connectivity index (χ1n) is 9.31. The van der Waals surface area contributed by atoms with Crippen LogP contribution in [0.2, 0.25) is 0 Å². The largest absolute Gasteiger partial charge is 0.488 e. The molecular formula is C22H22N4O2. The number of allylic oxidation sites excluding steroid dienone is 1. The summed E-state index contributed by atoms with van der Waals surface area (Å²) in [7, 11) is 1.77. The first-order valence-corrected chi connectivity index (χ1v) is 9.31. The van der Waals surface area contributed by atoms with Crippen molar-refractivity contribution in [2.45, 2.75) is 19.1 Å². The van der Waals surface area contributed by atoms with Gasteiger partial charge in [0.15, 0.2) is 5.69 Å². The summed E-state index contributed by atoms with van der Waals surface area (Å²) >= 11 is 0. The lowest BCUT2D eigenvalue weighted by atomic mass is 10.1. The minimum Gasteiger partial charge on any atom is -0.488 e. The number of likely N-dealkylation sites (N-methyl/N-ethyl adjacent to an activating group) is 1. The molecule has 1 unspecified atom stereocenters. The fourth-order valence-corrected chi connectivity index (χ4v) is 3.29. The number of nitrogens with zero attached hydrogens (tertiary/aromatic N) is 4. The van der Waals surface area contributed by atoms with Crippen LogP contribution in [-0.2, 0) is 13.0 Å². The summed E-state index contributed by atoms with van der Waals surface area (Å²) in [6.45, 7) is 1.06. The highest BCUT2D eigenvalue weighted by Gasteiger charge is 2.26. The molecule has 142 valence electrons. The lowest BCUT2D eigenvalue weighted by molar-refractivity contribution is 0.0724. The molecule has 3 aromatic rings. The van der Waals surface area contributed by atoms with Crippen LogP contribution in [0.4, 0.5) is 0 Å². The fraction of sp³-hybridized carbons (Fsp3) is 0.227. The number of aromatic nitrogens is 3. The van der Waals surface area contributed by atoms with Gasteiger partial charge in [-0.05, 0) is 17.2 Å². The molecule has 1 atom stereocenters. The first kappa shape index (κ1) is 18.0. The van der Waals surface area contributed by atoms with Gasteiger partial charge in [-0.2, -0.15) is 0 Å². The molecule has 1 amide bonds. The Hall–Kier alpha value is -3.41. The molecule has 6 heteroatoms. The molecule has 28 heavy (non-hydrogen) atoms. The monoisotopic (exact) mass is 374 g/mol. The predicted octanol–water partition coefficient (Wildman–Crippen LogP) is 3.07. The zero-order valence-corrected chi connectivity index (χ0v) is 15.7. The van der Waals surface area contributed by atoms with Gasteiger partial charge in [-0.15, -0.1) is 5.10 Å². The minimum absolute atomic E-state index is 0.0322. The SMILES string of the molecule is CN(CC1Cc2ccccc2O1)C(=O)c1cn(C/C=C/c2ccccc2)nn1. The Morgan fingerprint density at radius 1 is 1.21 bits per heavy atom. The summed E-state index contributed by atoms with van der Waals surface area (Å²) in [4.78, 5) is 14.3. The standard InChI is InChI=1S/C22H22N4O2/c1-25(15-19-14-18-11-5-6-12-21(18)28-19)22(27)20-16-26(24-23-20)13-7-10-17-8-3-2-4-9-17/h2-12,16,19H,13-15H2,1H3/b10-7+. The third kappa shape index (κ3) is 4.11. The predicted molar refractivity (Wildman–Crippen MR) is 107 cm³/mol. The molecule has 2 aromatic carbocycles. The van der Waals surface area contributed by atoms with Crippen LogP contribution < -0.4 is 4.74 Å². The molecule has 4 rings (SSSR count). The van der Waals surface area contributed by atoms with E-state index >= 15 is 0 Å². The number of hydrogen-bond acceptors (Lipinski definition) is 4. The second-order valence-electron chi connectivity index (χ2n) is 6.88. The quantitative estimate of drug-likeness (QED) is 0.665. The number of carbonyl (C=O) groups is 1. The fourth-order valence-electron chi connectivity index (χ4n) is 3.29. The second-order valence-corrected chi connectivity index (χ2v) is 6.88. The molecule has 0 N–H and O–H groups in total. The highest BCUT2D eigenvalue weighted by Crippen LogP contribution is 2.28. The Kier molecular flexibility index (Phi) is 5.19. The van der Waals surface area contributed by atoms with Crippen LogP contribution in [0, 0.1) is 0 Å². The summed E-state index contributed by atoms with van der Waals surface area (Å²) in [6, 6.07) is 18.0. The van der Waals surface area contributed by atoms with Crippen molar-refractivity contribution in [2.24, 2.45) is 0 Å². The third-order valence-electron chi connectivity index (χ3n) is 4.70. The van der Waals surface area contributed by atoms with Gasteiger partial charge in [-0.3, -0.25) is 4.79 Å². The van der Waals surface area contributed by atoms with E-state index in [1.165, 1.54) is 5.56 Å². The topological polar surface area (TPSA) is 60.2 Å². The van der Waals surface area contributed by atoms with E-state index < -0.39 is 0 Å². The highest BCUT2D eigenvalue weighted by atomic mass is 16.5. The zero-order chi connectivity index (χ0) is 19.3. The molecule has 0 saturated carbocycles. The molecule has 1 aromatic heterocycles. The summed E-state index contributed by atoms with van der Waals surface area (Å²) in [5.41, 5.74) is 2.65. The molecule has 2 heterocycles. The lowest BCUT2D eigenvalue weighted by Gasteiger charge is -2.20. The van der Waals surface area contributed by atoms with Crippen LogP contribution in [0.15, 0.2) is 66.9 Å². The van der Waals surface area contributed by atoms with E-state index in [2.05, 4.69) is 16.4 Å². The smallest absolute Gasteiger partial charge is 0.275 e. The van der Waals surface area contributed by atoms with E-state index in [1.54, 1.807) is 22.8 Å². The maximum Gasteiger partial charge on any atom is 0.275 e. The van der Waals surface area contributed by atoms with Crippen molar-refractivity contribution in [3.63, 3.8) is 0 Å². The Labute approximate surface area is 164 Å². The maximum absolute atomic E-state index is 12.7. The normalized spacial score (nSPS) is 15.4. The van der Waals surface area contributed by atoms with Gasteiger partial charge in [0.2, 0.25) is 0 Å². The van der Waals surface area contributed by atoms with Gasteiger partial charge >= 0.3 is 0 Å². The molecule has 0 radical (unpaired) electrons. The molecule has 0 bridgehead atoms. The summed E-state index contributed by atoms with van der Waals surface area (Å²) in [5.74, 6) is 0.752. The van der Waals surface area contributed by atoms with E-state index in [4.69, 9.17) is 4.74 Å². The van der Waals surface area contributed by atoms with Crippen molar-refractivity contribution in [3.8, 4) is 5.75 Å². The van der Waals surface area contributed by atoms with Crippen LogP contribution in [0.3, 0.4) is 0 Å². The molecule has 0 spiro atoms. The van der Waals surface area contributed by atoms with Gasteiger partial charge in [-0.25, -0.2) is 4.68 Å². The lowest BCUT2D eigenvalue weighted by Crippen LogP contribution is -2.36. The van der Waals surface area contributed by atoms with Crippen LogP contribution in [0.25, 0.3) is 6.08 Å². The van der Waals surface area contributed by atoms with Crippen LogP contribution in [0.1, 0.15) is 21.6 Å². The van der Waals surface area contributed by atoms with Gasteiger partial charge in [0.05, 0.1) is 19.3 Å². The number of fused-ring (bicyclic) bond motifs is 1. The van der Waals surface area contributed by atoms with E-state index in [9.17, 15) is 4.79 Å². The van der Waals surface area contributed by atoms with Crippen molar-refractivity contribution >= 4 is 12.0 Å². The number of rotatable bonds is 6. The van der Waals surface area contributed by atoms with E-state index in [1.807, 2.05) is 60.7 Å². The molecule has 1 aliphatic rings. The van der Waals surface area contributed by atoms with Gasteiger partial charge < -0.3 is 9.64 Å². The van der Waals surface area contributed by atoms with Gasteiger partial charge in [-0.1, -0.05) is 65.9 Å². The van der Waals surface area contributed by atoms with Crippen molar-refractivity contribution in [2.75, 3.05) is 13.6 Å². The number of carbonyl (C=O) groups excluding carboxylic acids is 1. The molecule has 6 nitrogen and oxygen atoms in total. The van der Waals surface area contributed by atoms with Gasteiger partial charge in [0.1, 0.15) is 11.9 Å². The average molecular weight is 374 g/mol. The Morgan fingerprint density at radius 3 is 2.82 bits per heavy atom. The summed E-state index contributed by atoms with van der Waals surface area (Å²) < 4.78 is 7.57. The number of benzene rings is 2. The molecule has 1 aliphatic heterocycles. The maximum atomic E-state index is 12.7. The van der Waals surface area contributed by atoms with Crippen molar-refractivity contribution in [3.05, 3.63) is 83.7 Å². The van der Waals surface area contributed by atoms with Crippen LogP contribution in [0.5, 0.6) is 5.75 Å². The number of hydrogen-bond donors (Lipinski definition) is 0. The van der Waals surface area contributed by atoms with E-state index in [0.29, 0.717) is 18.8 Å². The molecule has 0 saturated heterocycles. The highest BCUT2D eigenvalue weighted by molar-refractivity contribution is 5.91. The van der Waals surface area contributed by atoms with Crippen LogP contribution >= 0.6 is 0 Å². The van der Waals surface area contributed by atoms with E-state index in [0.717, 1.165) is 17.7 Å². The van der Waals surface area contributed by atoms with E-state index in [-0.39, 0.29) is 12.0 Å². The van der Waals surface area contributed by atoms with Gasteiger partial charge in [0.25, 0.3) is 5.91 Å². The summed E-state index contributed by atoms with van der Waals surface area (Å²) in [6.07, 6.45) is 6.47. The molecular weight excluding hydrogens is 352 g/mol. The van der Waals surface area contributed by atoms with Gasteiger partial charge in [0, 0.05) is 13.5 Å². The molecule has 0 aliphatic carbocycles. The van der Waals surface area contributed by atoms with Crippen LogP contribution in [-0.4, -0.2) is 45.5 Å². The van der Waals surface area contributed by atoms with Crippen molar-refractivity contribution in [1.29, 1.82) is 0 Å². The Balaban J connectivity index is 1.32. The second kappa shape index (κ2) is 8.08. The molecule has 0 fully saturated rings. The minimum atomic E-state index is -0.155. The number of amides is 1. The third-order valence-corrected chi connectivity index (χ3v) is 4.70. The van der Waals surface area contributed by atoms with Crippen molar-refractivity contribution < 1.29 is 9.53 Å². The average Bonchev–Trinajstić information content (AvgIpc) is 3.34. The number of para-hydroxylation sites is 1. The number of ether oxygens (including phenoxy) is 1. The Bertz CT molecular complexity index is 956. The Morgan fingerprint density at radius 2 is 2.00 bits per heavy atom. The summed E-state index contributed by atoms with van der Waals surface area (Å²) in [5, 5.41) is 8.08. The van der Waals surface area contributed by atoms with Crippen molar-refractivity contribution in [1.82, 2.24) is 19.9 Å². The zero-order valence-electron chi connectivity index (χ0n) is 15.7.